The maximum Gasteiger partial charge on any atom is 0.472 e. The Morgan fingerprint density at radius 1 is 0.492 bits per heavy atom. The highest BCUT2D eigenvalue weighted by atomic mass is 31.2. The third kappa shape index (κ3) is 52.5. The van der Waals surface area contributed by atoms with Gasteiger partial charge in [-0.1, -0.05) is 195 Å². The summed E-state index contributed by atoms with van der Waals surface area (Å²) in [6.45, 7) is 5.46. The van der Waals surface area contributed by atoms with E-state index in [1.807, 2.05) is 21.1 Å². The molecule has 0 radical (unpaired) electrons. The fraction of sp³-hybridized carbons (Fsp3) is 0.732. The summed E-state index contributed by atoms with van der Waals surface area (Å²) in [6, 6.07) is 0. The number of rotatable bonds is 48. The van der Waals surface area contributed by atoms with E-state index in [0.29, 0.717) is 24.1 Å². The first-order chi connectivity index (χ1) is 31.6. The highest BCUT2D eigenvalue weighted by Gasteiger charge is 2.26. The van der Waals surface area contributed by atoms with Gasteiger partial charge >= 0.3 is 13.8 Å². The molecule has 0 aliphatic heterocycles. The lowest BCUT2D eigenvalue weighted by molar-refractivity contribution is -0.870. The summed E-state index contributed by atoms with van der Waals surface area (Å²) in [5.41, 5.74) is 0. The average molecular weight is 931 g/mol. The Kier molecular flexibility index (Phi) is 46.4. The van der Waals surface area contributed by atoms with Crippen LogP contribution < -0.4 is 0 Å². The van der Waals surface area contributed by atoms with Gasteiger partial charge in [-0.3, -0.25) is 13.8 Å². The monoisotopic (exact) mass is 931 g/mol. The fourth-order valence-corrected chi connectivity index (χ4v) is 7.65. The van der Waals surface area contributed by atoms with E-state index in [-0.39, 0.29) is 25.8 Å². The third-order valence-electron chi connectivity index (χ3n) is 10.9. The van der Waals surface area contributed by atoms with Crippen LogP contribution in [0, 0.1) is 0 Å². The van der Waals surface area contributed by atoms with Crippen LogP contribution in [0.15, 0.2) is 85.1 Å². The van der Waals surface area contributed by atoms with Gasteiger partial charge in [0.2, 0.25) is 0 Å². The van der Waals surface area contributed by atoms with Crippen molar-refractivity contribution in [3.8, 4) is 0 Å². The molecular formula is C56H101NO7P+. The Morgan fingerprint density at radius 2 is 0.892 bits per heavy atom. The minimum Gasteiger partial charge on any atom is -0.457 e. The Labute approximate surface area is 401 Å². The van der Waals surface area contributed by atoms with Crippen molar-refractivity contribution >= 4 is 13.8 Å². The second-order valence-electron chi connectivity index (χ2n) is 18.5. The molecule has 0 aliphatic carbocycles. The van der Waals surface area contributed by atoms with Gasteiger partial charge in [-0.05, 0) is 89.9 Å². The van der Waals surface area contributed by atoms with E-state index < -0.39 is 13.9 Å². The molecule has 0 spiro atoms. The van der Waals surface area contributed by atoms with Crippen LogP contribution in [0.5, 0.6) is 0 Å². The van der Waals surface area contributed by atoms with E-state index >= 15 is 0 Å². The maximum absolute atomic E-state index is 12.8. The molecule has 9 heteroatoms. The van der Waals surface area contributed by atoms with Crippen molar-refractivity contribution in [1.82, 2.24) is 0 Å². The predicted octanol–water partition coefficient (Wildman–Crippen LogP) is 16.4. The predicted molar refractivity (Wildman–Crippen MR) is 279 cm³/mol. The van der Waals surface area contributed by atoms with Crippen LogP contribution in [0.1, 0.15) is 206 Å². The number of unbranched alkanes of at least 4 members (excludes halogenated alkanes) is 20. The van der Waals surface area contributed by atoms with Crippen molar-refractivity contribution in [3.05, 3.63) is 85.1 Å². The molecule has 0 aliphatic rings. The van der Waals surface area contributed by atoms with Gasteiger partial charge in [0.1, 0.15) is 19.3 Å². The molecule has 8 nitrogen and oxygen atoms in total. The molecule has 0 saturated carbocycles. The van der Waals surface area contributed by atoms with E-state index in [1.54, 1.807) is 0 Å². The Bertz CT molecular complexity index is 1310. The fourth-order valence-electron chi connectivity index (χ4n) is 6.90. The molecule has 0 heterocycles. The molecule has 65 heavy (non-hydrogen) atoms. The van der Waals surface area contributed by atoms with E-state index in [0.717, 1.165) is 77.0 Å². The standard InChI is InChI=1S/C56H100NO7P/c1-6-8-10-12-14-16-18-20-22-24-25-26-27-28-29-30-31-32-34-36-38-40-42-44-46-48-51-61-53-55(54-63-65(59,60)62-52-50-57(3,4)5)64-56(58)49-47-45-43-41-39-37-35-33-23-21-19-17-15-13-11-9-7-2/h8,10,14-17,20-23,25-26,28-29,55H,6-7,9,11-13,18-19,24,27,30-54H2,1-5H3/p+1/b10-8-,16-14-,17-15-,22-20-,23-21-,26-25-,29-28-. The van der Waals surface area contributed by atoms with Gasteiger partial charge in [0.15, 0.2) is 0 Å². The number of ether oxygens (including phenoxy) is 2. The number of carbonyl (C=O) groups excluding carboxylic acids is 1. The lowest BCUT2D eigenvalue weighted by Gasteiger charge is -2.24. The van der Waals surface area contributed by atoms with E-state index in [9.17, 15) is 14.3 Å². The Hall–Kier alpha value is -2.32. The summed E-state index contributed by atoms with van der Waals surface area (Å²) in [4.78, 5) is 23.0. The lowest BCUT2D eigenvalue weighted by atomic mass is 10.1. The van der Waals surface area contributed by atoms with Gasteiger partial charge in [0.25, 0.3) is 0 Å². The van der Waals surface area contributed by atoms with E-state index in [2.05, 4.69) is 98.9 Å². The molecule has 0 aromatic carbocycles. The molecule has 0 bridgehead atoms. The van der Waals surface area contributed by atoms with Gasteiger partial charge < -0.3 is 18.9 Å². The van der Waals surface area contributed by atoms with Gasteiger partial charge in [-0.2, -0.15) is 0 Å². The van der Waals surface area contributed by atoms with Gasteiger partial charge in [-0.25, -0.2) is 4.57 Å². The number of carbonyl (C=O) groups is 1. The molecule has 0 aromatic rings. The van der Waals surface area contributed by atoms with Gasteiger partial charge in [0.05, 0.1) is 34.4 Å². The number of nitrogens with zero attached hydrogens (tertiary/aromatic N) is 1. The number of phosphoric acid groups is 1. The lowest BCUT2D eigenvalue weighted by Crippen LogP contribution is -2.37. The van der Waals surface area contributed by atoms with Crippen LogP contribution in [-0.4, -0.2) is 75.6 Å². The van der Waals surface area contributed by atoms with Gasteiger partial charge in [0, 0.05) is 13.0 Å². The number of hydrogen-bond acceptors (Lipinski definition) is 6. The summed E-state index contributed by atoms with van der Waals surface area (Å²) in [6.07, 6.45) is 64.8. The summed E-state index contributed by atoms with van der Waals surface area (Å²) in [5.74, 6) is -0.325. The van der Waals surface area contributed by atoms with Crippen LogP contribution in [-0.2, 0) is 27.9 Å². The zero-order valence-corrected chi connectivity index (χ0v) is 43.6. The third-order valence-corrected chi connectivity index (χ3v) is 11.9. The molecule has 2 atom stereocenters. The minimum atomic E-state index is -4.29. The summed E-state index contributed by atoms with van der Waals surface area (Å²) < 4.78 is 35.2. The van der Waals surface area contributed by atoms with Gasteiger partial charge in [-0.15, -0.1) is 0 Å². The largest absolute Gasteiger partial charge is 0.472 e. The van der Waals surface area contributed by atoms with Crippen LogP contribution in [0.3, 0.4) is 0 Å². The molecular weight excluding hydrogens is 830 g/mol. The normalized spacial score (nSPS) is 14.2. The molecule has 0 amide bonds. The van der Waals surface area contributed by atoms with E-state index in [4.69, 9.17) is 18.5 Å². The molecule has 376 valence electrons. The van der Waals surface area contributed by atoms with Crippen LogP contribution >= 0.6 is 7.82 Å². The zero-order chi connectivity index (χ0) is 47.6. The highest BCUT2D eigenvalue weighted by Crippen LogP contribution is 2.43. The topological polar surface area (TPSA) is 91.3 Å². The van der Waals surface area contributed by atoms with E-state index in [1.165, 1.54) is 109 Å². The SMILES string of the molecule is CC/C=C\C/C=C\C/C=C\C/C=C\C/C=C\CCCCCCCCCCCCOCC(COP(=O)(O)OCC[N+](C)(C)C)OC(=O)CCCCCCCCC/C=C\C/C=C\CCCCC. The first kappa shape index (κ1) is 62.7. The second kappa shape index (κ2) is 48.1. The quantitative estimate of drug-likeness (QED) is 0.0214. The van der Waals surface area contributed by atoms with Crippen molar-refractivity contribution < 1.29 is 37.3 Å². The Morgan fingerprint density at radius 3 is 1.34 bits per heavy atom. The number of esters is 1. The number of hydrogen-bond donors (Lipinski definition) is 1. The maximum atomic E-state index is 12.8. The number of quaternary nitrogens is 1. The summed E-state index contributed by atoms with van der Waals surface area (Å²) in [5, 5.41) is 0. The highest BCUT2D eigenvalue weighted by molar-refractivity contribution is 7.47. The summed E-state index contributed by atoms with van der Waals surface area (Å²) >= 11 is 0. The zero-order valence-electron chi connectivity index (χ0n) is 42.7. The Balaban J connectivity index is 4.14. The van der Waals surface area contributed by atoms with Crippen molar-refractivity contribution in [2.75, 3.05) is 54.1 Å². The molecule has 2 unspecified atom stereocenters. The van der Waals surface area contributed by atoms with Crippen molar-refractivity contribution in [2.45, 2.75) is 213 Å². The minimum absolute atomic E-state index is 0.0822. The molecule has 1 N–H and O–H groups in total. The molecule has 0 fully saturated rings. The number of likely N-dealkylation sites (N-methyl/N-ethyl adjacent to an activating group) is 1. The summed E-state index contributed by atoms with van der Waals surface area (Å²) in [7, 11) is 1.65. The first-order valence-electron chi connectivity index (χ1n) is 26.3. The molecule has 0 saturated heterocycles. The second-order valence-corrected chi connectivity index (χ2v) is 20.0. The van der Waals surface area contributed by atoms with Crippen LogP contribution in [0.25, 0.3) is 0 Å². The molecule has 0 rings (SSSR count). The van der Waals surface area contributed by atoms with Crippen molar-refractivity contribution in [3.63, 3.8) is 0 Å². The van der Waals surface area contributed by atoms with Crippen molar-refractivity contribution in [2.24, 2.45) is 0 Å². The first-order valence-corrected chi connectivity index (χ1v) is 27.8. The van der Waals surface area contributed by atoms with Crippen LogP contribution in [0.2, 0.25) is 0 Å². The number of phosphoric ester groups is 1. The average Bonchev–Trinajstić information content (AvgIpc) is 3.27. The smallest absolute Gasteiger partial charge is 0.457 e. The molecule has 0 aromatic heterocycles. The number of allylic oxidation sites excluding steroid dienone is 14. The van der Waals surface area contributed by atoms with Crippen LogP contribution in [0.4, 0.5) is 0 Å². The van der Waals surface area contributed by atoms with Crippen molar-refractivity contribution in [1.29, 1.82) is 0 Å².